The maximum absolute atomic E-state index is 5.83. The standard InChI is InChI=1S/C14H17BrN2S/c1-10(12-4-3-5-13(16)7-12)17(2)8-11-6-14(15)18-9-11/h3-7,9-10H,8,16H2,1-2H3. The molecule has 2 nitrogen and oxygen atoms in total. The summed E-state index contributed by atoms with van der Waals surface area (Å²) in [7, 11) is 2.14. The third-order valence-electron chi connectivity index (χ3n) is 3.11. The smallest absolute Gasteiger partial charge is 0.0701 e. The quantitative estimate of drug-likeness (QED) is 0.850. The number of nitrogen functional groups attached to an aromatic ring is 1. The zero-order chi connectivity index (χ0) is 13.1. The van der Waals surface area contributed by atoms with Crippen LogP contribution in [0.4, 0.5) is 5.69 Å². The van der Waals surface area contributed by atoms with E-state index < -0.39 is 0 Å². The van der Waals surface area contributed by atoms with Crippen LogP contribution in [0, 0.1) is 0 Å². The van der Waals surface area contributed by atoms with Crippen LogP contribution in [0.2, 0.25) is 0 Å². The van der Waals surface area contributed by atoms with Crippen molar-refractivity contribution in [1.82, 2.24) is 4.90 Å². The van der Waals surface area contributed by atoms with E-state index in [4.69, 9.17) is 5.73 Å². The van der Waals surface area contributed by atoms with Crippen molar-refractivity contribution in [3.8, 4) is 0 Å². The monoisotopic (exact) mass is 324 g/mol. The van der Waals surface area contributed by atoms with Gasteiger partial charge in [0.2, 0.25) is 0 Å². The molecule has 0 fully saturated rings. The maximum Gasteiger partial charge on any atom is 0.0701 e. The van der Waals surface area contributed by atoms with Crippen LogP contribution in [0.15, 0.2) is 39.5 Å². The molecule has 0 aliphatic rings. The second kappa shape index (κ2) is 5.87. The molecule has 1 aromatic heterocycles. The molecule has 0 aliphatic heterocycles. The van der Waals surface area contributed by atoms with E-state index in [1.54, 1.807) is 11.3 Å². The molecule has 1 aromatic carbocycles. The molecule has 96 valence electrons. The molecule has 1 atom stereocenters. The number of nitrogens with zero attached hydrogens (tertiary/aromatic N) is 1. The molecule has 0 radical (unpaired) electrons. The van der Waals surface area contributed by atoms with E-state index in [2.05, 4.69) is 52.3 Å². The van der Waals surface area contributed by atoms with E-state index in [1.165, 1.54) is 14.9 Å². The number of benzene rings is 1. The molecule has 4 heteroatoms. The minimum absolute atomic E-state index is 0.354. The average molecular weight is 325 g/mol. The highest BCUT2D eigenvalue weighted by Gasteiger charge is 2.12. The molecule has 0 spiro atoms. The highest BCUT2D eigenvalue weighted by atomic mass is 79.9. The summed E-state index contributed by atoms with van der Waals surface area (Å²) in [6.07, 6.45) is 0. The van der Waals surface area contributed by atoms with Gasteiger partial charge in [0.25, 0.3) is 0 Å². The molecule has 18 heavy (non-hydrogen) atoms. The van der Waals surface area contributed by atoms with Crippen molar-refractivity contribution in [2.45, 2.75) is 19.5 Å². The number of halogens is 1. The number of hydrogen-bond acceptors (Lipinski definition) is 3. The number of rotatable bonds is 4. The summed E-state index contributed by atoms with van der Waals surface area (Å²) < 4.78 is 1.18. The van der Waals surface area contributed by atoms with Crippen molar-refractivity contribution in [1.29, 1.82) is 0 Å². The Hall–Kier alpha value is -0.840. The predicted octanol–water partition coefficient (Wildman–Crippen LogP) is 4.29. The van der Waals surface area contributed by atoms with Gasteiger partial charge >= 0.3 is 0 Å². The van der Waals surface area contributed by atoms with Crippen LogP contribution in [0.25, 0.3) is 0 Å². The van der Waals surface area contributed by atoms with Crippen LogP contribution in [-0.2, 0) is 6.54 Å². The van der Waals surface area contributed by atoms with Gasteiger partial charge in [-0.3, -0.25) is 4.90 Å². The summed E-state index contributed by atoms with van der Waals surface area (Å²) >= 11 is 5.22. The summed E-state index contributed by atoms with van der Waals surface area (Å²) in [5, 5.41) is 2.19. The minimum Gasteiger partial charge on any atom is -0.399 e. The van der Waals surface area contributed by atoms with E-state index in [-0.39, 0.29) is 0 Å². The lowest BCUT2D eigenvalue weighted by atomic mass is 10.1. The lowest BCUT2D eigenvalue weighted by Crippen LogP contribution is -2.21. The Kier molecular flexibility index (Phi) is 4.43. The first-order valence-electron chi connectivity index (χ1n) is 5.85. The van der Waals surface area contributed by atoms with Crippen LogP contribution in [0.1, 0.15) is 24.1 Å². The second-order valence-corrected chi connectivity index (χ2v) is 6.81. The average Bonchev–Trinajstić information content (AvgIpc) is 2.73. The number of nitrogens with two attached hydrogens (primary N) is 1. The van der Waals surface area contributed by atoms with Gasteiger partial charge in [-0.15, -0.1) is 11.3 Å². The molecule has 2 aromatic rings. The van der Waals surface area contributed by atoms with E-state index in [0.29, 0.717) is 6.04 Å². The fourth-order valence-electron chi connectivity index (χ4n) is 1.93. The highest BCUT2D eigenvalue weighted by Crippen LogP contribution is 2.25. The molecule has 1 unspecified atom stereocenters. The van der Waals surface area contributed by atoms with Crippen molar-refractivity contribution >= 4 is 33.0 Å². The van der Waals surface area contributed by atoms with Gasteiger partial charge in [0, 0.05) is 18.3 Å². The molecule has 0 saturated heterocycles. The third kappa shape index (κ3) is 3.34. The molecular weight excluding hydrogens is 308 g/mol. The van der Waals surface area contributed by atoms with Crippen LogP contribution in [-0.4, -0.2) is 11.9 Å². The molecule has 2 rings (SSSR count). The summed E-state index contributed by atoms with van der Waals surface area (Å²) in [6, 6.07) is 10.6. The van der Waals surface area contributed by atoms with Gasteiger partial charge in [0.1, 0.15) is 0 Å². The topological polar surface area (TPSA) is 29.3 Å². The van der Waals surface area contributed by atoms with Crippen LogP contribution >= 0.6 is 27.3 Å². The van der Waals surface area contributed by atoms with E-state index >= 15 is 0 Å². The molecule has 0 bridgehead atoms. The van der Waals surface area contributed by atoms with Gasteiger partial charge in [-0.2, -0.15) is 0 Å². The van der Waals surface area contributed by atoms with Crippen molar-refractivity contribution in [3.05, 3.63) is 50.6 Å². The summed E-state index contributed by atoms with van der Waals surface area (Å²) in [6.45, 7) is 3.15. The SMILES string of the molecule is CC(c1cccc(N)c1)N(C)Cc1csc(Br)c1. The van der Waals surface area contributed by atoms with Crippen LogP contribution < -0.4 is 5.73 Å². The van der Waals surface area contributed by atoms with Gasteiger partial charge in [0.05, 0.1) is 3.79 Å². The lowest BCUT2D eigenvalue weighted by Gasteiger charge is -2.24. The largest absolute Gasteiger partial charge is 0.399 e. The normalized spacial score (nSPS) is 12.9. The fraction of sp³-hybridized carbons (Fsp3) is 0.286. The molecule has 0 aliphatic carbocycles. The van der Waals surface area contributed by atoms with Gasteiger partial charge < -0.3 is 5.73 Å². The van der Waals surface area contributed by atoms with Crippen LogP contribution in [0.5, 0.6) is 0 Å². The summed E-state index contributed by atoms with van der Waals surface area (Å²) in [5.41, 5.74) is 9.25. The Balaban J connectivity index is 2.06. The number of thiophene rings is 1. The van der Waals surface area contributed by atoms with Gasteiger partial charge in [0.15, 0.2) is 0 Å². The van der Waals surface area contributed by atoms with Crippen molar-refractivity contribution in [2.24, 2.45) is 0 Å². The van der Waals surface area contributed by atoms with Gasteiger partial charge in [-0.25, -0.2) is 0 Å². The Bertz CT molecular complexity index is 524. The first-order chi connectivity index (χ1) is 8.56. The maximum atomic E-state index is 5.83. The molecule has 0 amide bonds. The lowest BCUT2D eigenvalue weighted by molar-refractivity contribution is 0.253. The molecule has 2 N–H and O–H groups in total. The van der Waals surface area contributed by atoms with Crippen molar-refractivity contribution in [3.63, 3.8) is 0 Å². The highest BCUT2D eigenvalue weighted by molar-refractivity contribution is 9.11. The second-order valence-electron chi connectivity index (χ2n) is 4.52. The van der Waals surface area contributed by atoms with E-state index in [1.807, 2.05) is 18.2 Å². The van der Waals surface area contributed by atoms with Gasteiger partial charge in [-0.05, 0) is 64.6 Å². The molecule has 0 saturated carbocycles. The Morgan fingerprint density at radius 2 is 2.17 bits per heavy atom. The molecule has 1 heterocycles. The minimum atomic E-state index is 0.354. The summed E-state index contributed by atoms with van der Waals surface area (Å²) in [4.78, 5) is 2.32. The number of hydrogen-bond donors (Lipinski definition) is 1. The van der Waals surface area contributed by atoms with Crippen molar-refractivity contribution < 1.29 is 0 Å². The van der Waals surface area contributed by atoms with Crippen molar-refractivity contribution in [2.75, 3.05) is 12.8 Å². The van der Waals surface area contributed by atoms with E-state index in [0.717, 1.165) is 12.2 Å². The Labute approximate surface area is 121 Å². The fourth-order valence-corrected chi connectivity index (χ4v) is 3.13. The molecular formula is C14H17BrN2S. The Morgan fingerprint density at radius 3 is 2.78 bits per heavy atom. The predicted molar refractivity (Wildman–Crippen MR) is 82.8 cm³/mol. The number of anilines is 1. The Morgan fingerprint density at radius 1 is 1.39 bits per heavy atom. The first kappa shape index (κ1) is 13.6. The van der Waals surface area contributed by atoms with Gasteiger partial charge in [-0.1, -0.05) is 12.1 Å². The van der Waals surface area contributed by atoms with Crippen LogP contribution in [0.3, 0.4) is 0 Å². The zero-order valence-electron chi connectivity index (χ0n) is 10.6. The zero-order valence-corrected chi connectivity index (χ0v) is 13.0. The third-order valence-corrected chi connectivity index (χ3v) is 4.66. The van der Waals surface area contributed by atoms with E-state index in [9.17, 15) is 0 Å². The first-order valence-corrected chi connectivity index (χ1v) is 7.52. The summed E-state index contributed by atoms with van der Waals surface area (Å²) in [5.74, 6) is 0.